The first kappa shape index (κ1) is 56.7. The molecule has 17 nitrogen and oxygen atoms in total. The Labute approximate surface area is 524 Å². The molecule has 92 heavy (non-hydrogen) atoms. The number of fused-ring (bicyclic) bond motifs is 6. The van der Waals surface area contributed by atoms with Gasteiger partial charge in [0.25, 0.3) is 0 Å². The Morgan fingerprint density at radius 1 is 0.261 bits per heavy atom. The van der Waals surface area contributed by atoms with Gasteiger partial charge in [0, 0.05) is 71.7 Å². The lowest BCUT2D eigenvalue weighted by atomic mass is 9.94. The number of nitrogens with zero attached hydrogens (tertiary/aromatic N) is 17. The van der Waals surface area contributed by atoms with Gasteiger partial charge >= 0.3 is 6.18 Å². The van der Waals surface area contributed by atoms with Crippen molar-refractivity contribution >= 4 is 43.6 Å². The summed E-state index contributed by atoms with van der Waals surface area (Å²) in [6.45, 7) is 14.6. The van der Waals surface area contributed by atoms with Gasteiger partial charge in [-0.1, -0.05) is 60.7 Å². The predicted molar refractivity (Wildman–Crippen MR) is 348 cm³/mol. The van der Waals surface area contributed by atoms with Crippen LogP contribution in [0.4, 0.5) is 13.2 Å². The summed E-state index contributed by atoms with van der Waals surface area (Å²) in [5.74, 6) is 7.47. The number of hydrogen-bond donors (Lipinski definition) is 0. The van der Waals surface area contributed by atoms with Crippen molar-refractivity contribution in [3.05, 3.63) is 222 Å². The Morgan fingerprint density at radius 3 is 0.957 bits per heavy atom. The summed E-state index contributed by atoms with van der Waals surface area (Å²) in [6.07, 6.45) is -4.78. The normalized spacial score (nSPS) is 11.9. The molecule has 20 heteroatoms. The fourth-order valence-electron chi connectivity index (χ4n) is 12.3. The molecule has 0 amide bonds. The number of aromatic nitrogens is 17. The first-order valence-corrected chi connectivity index (χ1v) is 29.6. The Balaban J connectivity index is 1.05. The molecule has 0 atom stereocenters. The summed E-state index contributed by atoms with van der Waals surface area (Å²) in [5.41, 5.74) is 8.55. The van der Waals surface area contributed by atoms with Crippen LogP contribution in [0.5, 0.6) is 0 Å². The number of hydrogen-bond acceptors (Lipinski definition) is 15. The SMILES string of the molecule is Cc1nc(C)nc(-c2ccc3c(c2)c2cc(-c4nc(C)nc(C)n4)ccc2n3-c2ccc(-c3nc(-c4ccccc4)nc(-c4ccccc4)n3)c(-c3cc(C(F)(F)F)ccc3-n3c4ccc(-c5nc(C)nc(C)n5)cc4c4cc(-c5nc(C)nc(C)n5)ccc43)c2)n1. The number of halogens is 3. The van der Waals surface area contributed by atoms with Crippen molar-refractivity contribution in [2.24, 2.45) is 0 Å². The van der Waals surface area contributed by atoms with Gasteiger partial charge in [-0.25, -0.2) is 74.8 Å². The third-order valence-corrected chi connectivity index (χ3v) is 16.1. The van der Waals surface area contributed by atoms with Gasteiger partial charge < -0.3 is 9.13 Å². The standard InChI is InChI=1S/C72H52F3N17/c1-37-76-38(2)81-67(80-37)47-19-26-60-55(31-47)56-32-48(68-82-39(3)77-40(4)83-68)20-27-61(56)91(60)52-24-25-53(71-89-65(45-15-11-9-12-16-45)88-66(90-71)46-17-13-10-14-18-46)54(36-52)59-35-51(72(73,74)75)23-30-64(59)92-62-28-21-49(69-84-41(5)78-42(6)85-69)33-57(62)58-34-50(22-29-63(58)92)70-86-43(7)79-44(8)87-70/h9-36H,1-8H3. The fraction of sp³-hybridized carbons (Fsp3) is 0.125. The zero-order chi connectivity index (χ0) is 63.3. The van der Waals surface area contributed by atoms with E-state index in [1.165, 1.54) is 6.07 Å². The van der Waals surface area contributed by atoms with Crippen molar-refractivity contribution in [2.45, 2.75) is 61.6 Å². The second kappa shape index (κ2) is 22.1. The van der Waals surface area contributed by atoms with Gasteiger partial charge in [0.1, 0.15) is 46.6 Å². The highest BCUT2D eigenvalue weighted by molar-refractivity contribution is 6.13. The van der Waals surface area contributed by atoms with Crippen LogP contribution in [0.25, 0.3) is 146 Å². The zero-order valence-corrected chi connectivity index (χ0v) is 50.9. The van der Waals surface area contributed by atoms with Crippen LogP contribution in [0.15, 0.2) is 170 Å². The number of benzene rings is 8. The molecule has 15 rings (SSSR count). The molecular weight excluding hydrogens is 1160 g/mol. The van der Waals surface area contributed by atoms with E-state index in [-0.39, 0.29) is 11.4 Å². The molecule has 446 valence electrons. The van der Waals surface area contributed by atoms with Crippen LogP contribution in [-0.2, 0) is 6.18 Å². The van der Waals surface area contributed by atoms with Crippen molar-refractivity contribution in [3.63, 3.8) is 0 Å². The van der Waals surface area contributed by atoms with E-state index < -0.39 is 11.7 Å². The first-order chi connectivity index (χ1) is 44.4. The zero-order valence-electron chi connectivity index (χ0n) is 50.9. The van der Waals surface area contributed by atoms with E-state index in [1.807, 2.05) is 199 Å². The Morgan fingerprint density at radius 2 is 0.598 bits per heavy atom. The monoisotopic (exact) mass is 1210 g/mol. The summed E-state index contributed by atoms with van der Waals surface area (Å²) in [4.78, 5) is 71.2. The first-order valence-electron chi connectivity index (χ1n) is 29.6. The number of aryl methyl sites for hydroxylation is 8. The quantitative estimate of drug-likeness (QED) is 0.125. The lowest BCUT2D eigenvalue weighted by molar-refractivity contribution is -0.137. The van der Waals surface area contributed by atoms with Crippen LogP contribution in [0.2, 0.25) is 0 Å². The highest BCUT2D eigenvalue weighted by Gasteiger charge is 2.33. The van der Waals surface area contributed by atoms with Crippen molar-refractivity contribution in [1.82, 2.24) is 83.9 Å². The van der Waals surface area contributed by atoms with Gasteiger partial charge in [-0.05, 0) is 170 Å². The minimum absolute atomic E-state index is 0.227. The van der Waals surface area contributed by atoms with Crippen molar-refractivity contribution in [1.29, 1.82) is 0 Å². The topological polar surface area (TPSA) is 203 Å². The van der Waals surface area contributed by atoms with E-state index in [2.05, 4.69) is 36.6 Å². The third-order valence-electron chi connectivity index (χ3n) is 16.1. The number of alkyl halides is 3. The molecule has 0 unspecified atom stereocenters. The van der Waals surface area contributed by atoms with E-state index in [0.29, 0.717) is 137 Å². The molecular formula is C72H52F3N17. The fourth-order valence-corrected chi connectivity index (χ4v) is 12.3. The minimum Gasteiger partial charge on any atom is -0.309 e. The summed E-state index contributed by atoms with van der Waals surface area (Å²) in [5, 5.41) is 3.22. The molecule has 0 saturated heterocycles. The average Bonchev–Trinajstić information content (AvgIpc) is 1.54. The molecule has 0 bridgehead atoms. The molecule has 8 aromatic carbocycles. The largest absolute Gasteiger partial charge is 0.416 e. The summed E-state index contributed by atoms with van der Waals surface area (Å²) in [6, 6.07) is 52.7. The molecule has 15 aromatic rings. The minimum atomic E-state index is -4.78. The van der Waals surface area contributed by atoms with E-state index in [4.69, 9.17) is 54.8 Å². The summed E-state index contributed by atoms with van der Waals surface area (Å²) < 4.78 is 51.7. The molecule has 0 aliphatic carbocycles. The molecule has 0 spiro atoms. The van der Waals surface area contributed by atoms with Gasteiger partial charge in [0.2, 0.25) is 0 Å². The molecule has 0 fully saturated rings. The smallest absolute Gasteiger partial charge is 0.309 e. The molecule has 0 aliphatic heterocycles. The number of rotatable bonds is 10. The molecule has 0 saturated carbocycles. The van der Waals surface area contributed by atoms with Crippen LogP contribution in [-0.4, -0.2) is 83.9 Å². The second-order valence-corrected chi connectivity index (χ2v) is 22.6. The lowest BCUT2D eigenvalue weighted by Crippen LogP contribution is -2.08. The van der Waals surface area contributed by atoms with Gasteiger partial charge in [-0.15, -0.1) is 0 Å². The van der Waals surface area contributed by atoms with E-state index in [0.717, 1.165) is 49.8 Å². The van der Waals surface area contributed by atoms with Crippen LogP contribution < -0.4 is 0 Å². The molecule has 7 heterocycles. The lowest BCUT2D eigenvalue weighted by Gasteiger charge is -2.20. The van der Waals surface area contributed by atoms with Crippen LogP contribution in [0, 0.1) is 55.4 Å². The maximum Gasteiger partial charge on any atom is 0.416 e. The van der Waals surface area contributed by atoms with Crippen LogP contribution in [0.3, 0.4) is 0 Å². The van der Waals surface area contributed by atoms with Gasteiger partial charge in [0.15, 0.2) is 40.8 Å². The van der Waals surface area contributed by atoms with Crippen LogP contribution in [0.1, 0.15) is 52.2 Å². The highest BCUT2D eigenvalue weighted by atomic mass is 19.4. The molecule has 0 radical (unpaired) electrons. The highest BCUT2D eigenvalue weighted by Crippen LogP contribution is 2.46. The van der Waals surface area contributed by atoms with Gasteiger partial charge in [-0.2, -0.15) is 13.2 Å². The Hall–Kier alpha value is -11.8. The van der Waals surface area contributed by atoms with E-state index in [1.54, 1.807) is 6.07 Å². The molecule has 0 aliphatic rings. The second-order valence-electron chi connectivity index (χ2n) is 22.6. The summed E-state index contributed by atoms with van der Waals surface area (Å²) >= 11 is 0. The van der Waals surface area contributed by atoms with Gasteiger partial charge in [0.05, 0.1) is 33.3 Å². The van der Waals surface area contributed by atoms with Crippen molar-refractivity contribution < 1.29 is 13.2 Å². The van der Waals surface area contributed by atoms with Crippen molar-refractivity contribution in [2.75, 3.05) is 0 Å². The van der Waals surface area contributed by atoms with Gasteiger partial charge in [-0.3, -0.25) is 0 Å². The molecule has 7 aromatic heterocycles. The Kier molecular flexibility index (Phi) is 13.6. The summed E-state index contributed by atoms with van der Waals surface area (Å²) in [7, 11) is 0. The predicted octanol–water partition coefficient (Wildman–Crippen LogP) is 15.6. The maximum absolute atomic E-state index is 15.8. The van der Waals surface area contributed by atoms with Crippen LogP contribution >= 0.6 is 0 Å². The average molecular weight is 1210 g/mol. The Bertz CT molecular complexity index is 5160. The maximum atomic E-state index is 15.8. The van der Waals surface area contributed by atoms with Crippen molar-refractivity contribution in [3.8, 4) is 102 Å². The van der Waals surface area contributed by atoms with E-state index >= 15 is 13.2 Å². The molecule has 0 N–H and O–H groups in total. The van der Waals surface area contributed by atoms with E-state index in [9.17, 15) is 0 Å². The third kappa shape index (κ3) is 10.4.